The van der Waals surface area contributed by atoms with E-state index >= 15 is 0 Å². The maximum absolute atomic E-state index is 5.12. The molecule has 0 atom stereocenters. The molecule has 0 bridgehead atoms. The predicted molar refractivity (Wildman–Crippen MR) is 82.0 cm³/mol. The third-order valence-corrected chi connectivity index (χ3v) is 3.40. The minimum Gasteiger partial charge on any atom is -0.385 e. The number of aryl methyl sites for hydroxylation is 1. The van der Waals surface area contributed by atoms with Gasteiger partial charge in [-0.15, -0.1) is 0 Å². The second-order valence-electron chi connectivity index (χ2n) is 4.92. The molecule has 0 aliphatic rings. The molecule has 0 unspecified atom stereocenters. The molecule has 0 spiro atoms. The normalized spacial score (nSPS) is 11.3. The Bertz CT molecular complexity index is 522. The molecule has 20 heavy (non-hydrogen) atoms. The minimum atomic E-state index is 0.746. The zero-order chi connectivity index (χ0) is 14.2. The first kappa shape index (κ1) is 15.0. The lowest BCUT2D eigenvalue weighted by molar-refractivity contribution is 0.190. The summed E-state index contributed by atoms with van der Waals surface area (Å²) in [6, 6.07) is 8.81. The second-order valence-corrected chi connectivity index (χ2v) is 4.92. The van der Waals surface area contributed by atoms with E-state index < -0.39 is 0 Å². The largest absolute Gasteiger partial charge is 0.385 e. The van der Waals surface area contributed by atoms with Crippen molar-refractivity contribution in [2.24, 2.45) is 0 Å². The fourth-order valence-corrected chi connectivity index (χ4v) is 2.32. The lowest BCUT2D eigenvalue weighted by atomic mass is 10.1. The highest BCUT2D eigenvalue weighted by Crippen LogP contribution is 2.18. The first-order valence-corrected chi connectivity index (χ1v) is 7.11. The standard InChI is InChI=1S/C16H24N2O2/c1-19-10-3-8-18-9-6-15-5-4-14(12-16(15)18)13-17-7-11-20-2/h4-6,9,12,17H,3,7-8,10-11,13H2,1-2H3. The number of benzene rings is 1. The molecule has 4 nitrogen and oxygen atoms in total. The number of hydrogen-bond donors (Lipinski definition) is 1. The summed E-state index contributed by atoms with van der Waals surface area (Å²) in [6.45, 7) is 4.30. The number of nitrogens with zero attached hydrogens (tertiary/aromatic N) is 1. The third-order valence-electron chi connectivity index (χ3n) is 3.40. The van der Waals surface area contributed by atoms with Crippen LogP contribution < -0.4 is 5.32 Å². The molecule has 2 rings (SSSR count). The van der Waals surface area contributed by atoms with Crippen molar-refractivity contribution in [2.75, 3.05) is 34.0 Å². The summed E-state index contributed by atoms with van der Waals surface area (Å²) in [7, 11) is 3.47. The number of hydrogen-bond acceptors (Lipinski definition) is 3. The van der Waals surface area contributed by atoms with Gasteiger partial charge in [0.1, 0.15) is 0 Å². The predicted octanol–water partition coefficient (Wildman–Crippen LogP) is 2.41. The van der Waals surface area contributed by atoms with Gasteiger partial charge in [-0.25, -0.2) is 0 Å². The molecule has 1 N–H and O–H groups in total. The van der Waals surface area contributed by atoms with Gasteiger partial charge in [0.2, 0.25) is 0 Å². The Morgan fingerprint density at radius 2 is 1.95 bits per heavy atom. The molecular formula is C16H24N2O2. The molecular weight excluding hydrogens is 252 g/mol. The average Bonchev–Trinajstić information content (AvgIpc) is 2.87. The molecule has 1 heterocycles. The topological polar surface area (TPSA) is 35.4 Å². The number of ether oxygens (including phenoxy) is 2. The number of rotatable bonds is 9. The van der Waals surface area contributed by atoms with Crippen LogP contribution in [0.2, 0.25) is 0 Å². The fraction of sp³-hybridized carbons (Fsp3) is 0.500. The van der Waals surface area contributed by atoms with Gasteiger partial charge in [-0.3, -0.25) is 0 Å². The summed E-state index contributed by atoms with van der Waals surface area (Å²) < 4.78 is 12.4. The van der Waals surface area contributed by atoms with Crippen LogP contribution >= 0.6 is 0 Å². The van der Waals surface area contributed by atoms with Crippen molar-refractivity contribution in [2.45, 2.75) is 19.5 Å². The Hall–Kier alpha value is -1.36. The van der Waals surface area contributed by atoms with E-state index in [1.54, 1.807) is 14.2 Å². The Morgan fingerprint density at radius 3 is 2.75 bits per heavy atom. The Labute approximate surface area is 120 Å². The molecule has 0 radical (unpaired) electrons. The Balaban J connectivity index is 2.00. The van der Waals surface area contributed by atoms with Crippen LogP contribution in [-0.4, -0.2) is 38.5 Å². The highest BCUT2D eigenvalue weighted by molar-refractivity contribution is 5.80. The van der Waals surface area contributed by atoms with E-state index in [-0.39, 0.29) is 0 Å². The van der Waals surface area contributed by atoms with Crippen LogP contribution in [0.1, 0.15) is 12.0 Å². The number of aromatic nitrogens is 1. The van der Waals surface area contributed by atoms with E-state index in [4.69, 9.17) is 9.47 Å². The molecule has 0 aliphatic carbocycles. The molecule has 4 heteroatoms. The zero-order valence-corrected chi connectivity index (χ0v) is 12.4. The molecule has 0 fully saturated rings. The maximum atomic E-state index is 5.12. The minimum absolute atomic E-state index is 0.746. The number of methoxy groups -OCH3 is 2. The zero-order valence-electron chi connectivity index (χ0n) is 12.4. The van der Waals surface area contributed by atoms with Crippen LogP contribution in [0.15, 0.2) is 30.5 Å². The summed E-state index contributed by atoms with van der Waals surface area (Å²) in [6.07, 6.45) is 3.19. The summed E-state index contributed by atoms with van der Waals surface area (Å²) >= 11 is 0. The van der Waals surface area contributed by atoms with Crippen LogP contribution in [0.4, 0.5) is 0 Å². The van der Waals surface area contributed by atoms with Gasteiger partial charge in [0, 0.05) is 52.2 Å². The van der Waals surface area contributed by atoms with E-state index in [2.05, 4.69) is 40.3 Å². The first-order valence-electron chi connectivity index (χ1n) is 7.11. The molecule has 110 valence electrons. The monoisotopic (exact) mass is 276 g/mol. The SMILES string of the molecule is COCCCn1ccc2ccc(CNCCOC)cc21. The van der Waals surface area contributed by atoms with E-state index in [1.807, 2.05) is 0 Å². The van der Waals surface area contributed by atoms with Gasteiger partial charge in [0.25, 0.3) is 0 Å². The van der Waals surface area contributed by atoms with Crippen LogP contribution in [0.25, 0.3) is 10.9 Å². The van der Waals surface area contributed by atoms with Gasteiger partial charge in [-0.1, -0.05) is 12.1 Å². The first-order chi connectivity index (χ1) is 9.85. The fourth-order valence-electron chi connectivity index (χ4n) is 2.32. The summed E-state index contributed by atoms with van der Waals surface area (Å²) in [5.41, 5.74) is 2.60. The van der Waals surface area contributed by atoms with E-state index in [9.17, 15) is 0 Å². The van der Waals surface area contributed by atoms with E-state index in [1.165, 1.54) is 16.5 Å². The number of nitrogens with one attached hydrogen (secondary N) is 1. The Morgan fingerprint density at radius 1 is 1.10 bits per heavy atom. The second kappa shape index (κ2) is 8.04. The highest BCUT2D eigenvalue weighted by atomic mass is 16.5. The van der Waals surface area contributed by atoms with Crippen molar-refractivity contribution in [1.29, 1.82) is 0 Å². The maximum Gasteiger partial charge on any atom is 0.0587 e. The van der Waals surface area contributed by atoms with Gasteiger partial charge >= 0.3 is 0 Å². The van der Waals surface area contributed by atoms with Crippen molar-refractivity contribution in [1.82, 2.24) is 9.88 Å². The van der Waals surface area contributed by atoms with Crippen LogP contribution in [-0.2, 0) is 22.6 Å². The molecule has 1 aromatic heterocycles. The molecule has 2 aromatic rings. The molecule has 0 amide bonds. The van der Waals surface area contributed by atoms with E-state index in [0.717, 1.165) is 39.3 Å². The molecule has 0 saturated carbocycles. The van der Waals surface area contributed by atoms with Crippen molar-refractivity contribution in [3.05, 3.63) is 36.0 Å². The van der Waals surface area contributed by atoms with Crippen LogP contribution in [0.3, 0.4) is 0 Å². The highest BCUT2D eigenvalue weighted by Gasteiger charge is 2.02. The van der Waals surface area contributed by atoms with Gasteiger partial charge in [-0.2, -0.15) is 0 Å². The molecule has 0 saturated heterocycles. The molecule has 1 aromatic carbocycles. The van der Waals surface area contributed by atoms with Crippen molar-refractivity contribution in [3.63, 3.8) is 0 Å². The lowest BCUT2D eigenvalue weighted by Crippen LogP contribution is -2.18. The lowest BCUT2D eigenvalue weighted by Gasteiger charge is -2.08. The van der Waals surface area contributed by atoms with Crippen LogP contribution in [0, 0.1) is 0 Å². The van der Waals surface area contributed by atoms with Crippen molar-refractivity contribution >= 4 is 10.9 Å². The van der Waals surface area contributed by atoms with Crippen molar-refractivity contribution in [3.8, 4) is 0 Å². The quantitative estimate of drug-likeness (QED) is 0.714. The summed E-state index contributed by atoms with van der Waals surface area (Å²) in [5, 5.41) is 4.67. The average molecular weight is 276 g/mol. The third kappa shape index (κ3) is 4.07. The van der Waals surface area contributed by atoms with Crippen molar-refractivity contribution < 1.29 is 9.47 Å². The summed E-state index contributed by atoms with van der Waals surface area (Å²) in [4.78, 5) is 0. The van der Waals surface area contributed by atoms with Gasteiger partial charge in [0.15, 0.2) is 0 Å². The summed E-state index contributed by atoms with van der Waals surface area (Å²) in [5.74, 6) is 0. The van der Waals surface area contributed by atoms with Crippen LogP contribution in [0.5, 0.6) is 0 Å². The van der Waals surface area contributed by atoms with Gasteiger partial charge < -0.3 is 19.4 Å². The number of fused-ring (bicyclic) bond motifs is 1. The van der Waals surface area contributed by atoms with Gasteiger partial charge in [-0.05, 0) is 29.5 Å². The molecule has 0 aliphatic heterocycles. The Kier molecular flexibility index (Phi) is 6.05. The van der Waals surface area contributed by atoms with Gasteiger partial charge in [0.05, 0.1) is 6.61 Å². The smallest absolute Gasteiger partial charge is 0.0587 e. The van der Waals surface area contributed by atoms with E-state index in [0.29, 0.717) is 0 Å².